The van der Waals surface area contributed by atoms with E-state index in [0.717, 1.165) is 22.6 Å². The Morgan fingerprint density at radius 3 is 2.88 bits per heavy atom. The standard InChI is InChI=1S/C15H18OS/c1-11-5-3-4-6-12(9-11)14-10-13(17)7-8-15(14)16-2/h6-10,17H,3-5H2,1-2H3. The summed E-state index contributed by atoms with van der Waals surface area (Å²) < 4.78 is 5.43. The van der Waals surface area contributed by atoms with Crippen LogP contribution in [0.5, 0.6) is 5.75 Å². The lowest BCUT2D eigenvalue weighted by Gasteiger charge is -2.10. The molecule has 2 heteroatoms. The highest BCUT2D eigenvalue weighted by atomic mass is 32.1. The van der Waals surface area contributed by atoms with Gasteiger partial charge in [-0.25, -0.2) is 0 Å². The minimum atomic E-state index is 0.917. The summed E-state index contributed by atoms with van der Waals surface area (Å²) in [5.74, 6) is 0.917. The number of allylic oxidation sites excluding steroid dienone is 4. The number of thiol groups is 1. The number of methoxy groups -OCH3 is 1. The Labute approximate surface area is 109 Å². The average molecular weight is 246 g/mol. The molecule has 1 aromatic carbocycles. The van der Waals surface area contributed by atoms with Crippen molar-refractivity contribution in [3.05, 3.63) is 41.5 Å². The molecule has 0 heterocycles. The van der Waals surface area contributed by atoms with Gasteiger partial charge in [-0.2, -0.15) is 0 Å². The van der Waals surface area contributed by atoms with Gasteiger partial charge in [0.2, 0.25) is 0 Å². The number of hydrogen-bond donors (Lipinski definition) is 1. The van der Waals surface area contributed by atoms with Gasteiger partial charge in [0.25, 0.3) is 0 Å². The third kappa shape index (κ3) is 2.95. The number of hydrogen-bond acceptors (Lipinski definition) is 2. The molecule has 90 valence electrons. The molecule has 0 amide bonds. The smallest absolute Gasteiger partial charge is 0.126 e. The van der Waals surface area contributed by atoms with E-state index in [4.69, 9.17) is 4.74 Å². The minimum Gasteiger partial charge on any atom is -0.496 e. The molecule has 1 nitrogen and oxygen atoms in total. The maximum absolute atomic E-state index is 5.43. The molecule has 0 saturated heterocycles. The fourth-order valence-electron chi connectivity index (χ4n) is 2.14. The van der Waals surface area contributed by atoms with Gasteiger partial charge in [-0.05, 0) is 50.0 Å². The lowest BCUT2D eigenvalue weighted by atomic mass is 10.0. The summed E-state index contributed by atoms with van der Waals surface area (Å²) in [5.41, 5.74) is 3.83. The van der Waals surface area contributed by atoms with Crippen molar-refractivity contribution in [2.45, 2.75) is 31.1 Å². The van der Waals surface area contributed by atoms with Crippen molar-refractivity contribution in [3.8, 4) is 5.75 Å². The van der Waals surface area contributed by atoms with Gasteiger partial charge in [0.1, 0.15) is 5.75 Å². The van der Waals surface area contributed by atoms with E-state index in [1.54, 1.807) is 7.11 Å². The third-order valence-corrected chi connectivity index (χ3v) is 3.31. The third-order valence-electron chi connectivity index (χ3n) is 3.04. The molecule has 0 radical (unpaired) electrons. The maximum atomic E-state index is 5.43. The van der Waals surface area contributed by atoms with Crippen molar-refractivity contribution in [2.24, 2.45) is 0 Å². The molecule has 0 bridgehead atoms. The van der Waals surface area contributed by atoms with Crippen LogP contribution in [0.3, 0.4) is 0 Å². The van der Waals surface area contributed by atoms with E-state index in [1.807, 2.05) is 12.1 Å². The summed E-state index contributed by atoms with van der Waals surface area (Å²) in [6, 6.07) is 6.01. The van der Waals surface area contributed by atoms with E-state index in [2.05, 4.69) is 37.8 Å². The molecular weight excluding hydrogens is 228 g/mol. The molecule has 1 aliphatic carbocycles. The summed E-state index contributed by atoms with van der Waals surface area (Å²) in [5, 5.41) is 0. The SMILES string of the molecule is COc1ccc(S)cc1C1=CCCCC(C)=C1. The van der Waals surface area contributed by atoms with Crippen molar-refractivity contribution < 1.29 is 4.74 Å². The zero-order valence-corrected chi connectivity index (χ0v) is 11.3. The normalized spacial score (nSPS) is 15.9. The zero-order valence-electron chi connectivity index (χ0n) is 10.4. The van der Waals surface area contributed by atoms with Crippen LogP contribution >= 0.6 is 12.6 Å². The van der Waals surface area contributed by atoms with Crippen LogP contribution < -0.4 is 4.74 Å². The summed E-state index contributed by atoms with van der Waals surface area (Å²) >= 11 is 4.41. The molecule has 0 unspecified atom stereocenters. The van der Waals surface area contributed by atoms with Crippen molar-refractivity contribution >= 4 is 18.2 Å². The van der Waals surface area contributed by atoms with Crippen molar-refractivity contribution in [1.29, 1.82) is 0 Å². The van der Waals surface area contributed by atoms with Gasteiger partial charge >= 0.3 is 0 Å². The second kappa shape index (κ2) is 5.46. The van der Waals surface area contributed by atoms with Crippen LogP contribution in [0.1, 0.15) is 31.7 Å². The van der Waals surface area contributed by atoms with Gasteiger partial charge in [0, 0.05) is 10.5 Å². The Morgan fingerprint density at radius 2 is 2.12 bits per heavy atom. The van der Waals surface area contributed by atoms with Gasteiger partial charge in [-0.3, -0.25) is 0 Å². The highest BCUT2D eigenvalue weighted by Crippen LogP contribution is 2.32. The van der Waals surface area contributed by atoms with Crippen LogP contribution in [0.15, 0.2) is 40.8 Å². The lowest BCUT2D eigenvalue weighted by Crippen LogP contribution is -1.91. The predicted molar refractivity (Wildman–Crippen MR) is 75.8 cm³/mol. The first-order chi connectivity index (χ1) is 8.20. The zero-order chi connectivity index (χ0) is 12.3. The molecule has 0 N–H and O–H groups in total. The summed E-state index contributed by atoms with van der Waals surface area (Å²) in [4.78, 5) is 0.969. The molecule has 17 heavy (non-hydrogen) atoms. The molecule has 0 fully saturated rings. The van der Waals surface area contributed by atoms with Crippen molar-refractivity contribution in [3.63, 3.8) is 0 Å². The van der Waals surface area contributed by atoms with Crippen LogP contribution in [0, 0.1) is 0 Å². The Hall–Kier alpha value is -1.15. The maximum Gasteiger partial charge on any atom is 0.126 e. The molecule has 1 aliphatic rings. The number of ether oxygens (including phenoxy) is 1. The molecule has 0 spiro atoms. The second-order valence-electron chi connectivity index (χ2n) is 4.43. The first-order valence-corrected chi connectivity index (χ1v) is 6.40. The first kappa shape index (κ1) is 12.3. The quantitative estimate of drug-likeness (QED) is 0.756. The average Bonchev–Trinajstić information content (AvgIpc) is 2.54. The Balaban J connectivity index is 2.47. The molecule has 0 aromatic heterocycles. The first-order valence-electron chi connectivity index (χ1n) is 5.95. The summed E-state index contributed by atoms with van der Waals surface area (Å²) in [7, 11) is 1.71. The monoisotopic (exact) mass is 246 g/mol. The van der Waals surface area contributed by atoms with E-state index in [1.165, 1.54) is 24.0 Å². The van der Waals surface area contributed by atoms with Gasteiger partial charge in [0.15, 0.2) is 0 Å². The molecule has 0 atom stereocenters. The fraction of sp³-hybridized carbons (Fsp3) is 0.333. The van der Waals surface area contributed by atoms with E-state index in [-0.39, 0.29) is 0 Å². The van der Waals surface area contributed by atoms with Crippen molar-refractivity contribution in [2.75, 3.05) is 7.11 Å². The lowest BCUT2D eigenvalue weighted by molar-refractivity contribution is 0.413. The van der Waals surface area contributed by atoms with Gasteiger partial charge in [-0.1, -0.05) is 17.7 Å². The molecule has 0 saturated carbocycles. The largest absolute Gasteiger partial charge is 0.496 e. The highest BCUT2D eigenvalue weighted by molar-refractivity contribution is 7.80. The summed E-state index contributed by atoms with van der Waals surface area (Å²) in [6.07, 6.45) is 8.10. The minimum absolute atomic E-state index is 0.917. The Bertz CT molecular complexity index is 472. The second-order valence-corrected chi connectivity index (χ2v) is 4.94. The van der Waals surface area contributed by atoms with Crippen LogP contribution in [-0.2, 0) is 0 Å². The van der Waals surface area contributed by atoms with Crippen LogP contribution in [0.4, 0.5) is 0 Å². The number of benzene rings is 1. The Morgan fingerprint density at radius 1 is 1.29 bits per heavy atom. The predicted octanol–water partition coefficient (Wildman–Crippen LogP) is 4.50. The van der Waals surface area contributed by atoms with E-state index < -0.39 is 0 Å². The molecule has 1 aromatic rings. The van der Waals surface area contributed by atoms with Crippen LogP contribution in [0.25, 0.3) is 5.57 Å². The van der Waals surface area contributed by atoms with Gasteiger partial charge in [-0.15, -0.1) is 12.6 Å². The topological polar surface area (TPSA) is 9.23 Å². The van der Waals surface area contributed by atoms with Gasteiger partial charge < -0.3 is 4.74 Å². The molecule has 2 rings (SSSR count). The summed E-state index contributed by atoms with van der Waals surface area (Å²) in [6.45, 7) is 2.19. The van der Waals surface area contributed by atoms with Gasteiger partial charge in [0.05, 0.1) is 7.11 Å². The molecule has 0 aliphatic heterocycles. The van der Waals surface area contributed by atoms with Crippen LogP contribution in [-0.4, -0.2) is 7.11 Å². The highest BCUT2D eigenvalue weighted by Gasteiger charge is 2.09. The number of rotatable bonds is 2. The molecular formula is C15H18OS. The fourth-order valence-corrected chi connectivity index (χ4v) is 2.35. The van der Waals surface area contributed by atoms with Crippen molar-refractivity contribution in [1.82, 2.24) is 0 Å². The van der Waals surface area contributed by atoms with E-state index in [0.29, 0.717) is 0 Å². The van der Waals surface area contributed by atoms with E-state index >= 15 is 0 Å². The van der Waals surface area contributed by atoms with Crippen LogP contribution in [0.2, 0.25) is 0 Å². The van der Waals surface area contributed by atoms with E-state index in [9.17, 15) is 0 Å². The Kier molecular flexibility index (Phi) is 3.95.